The molecule has 0 saturated heterocycles. The number of nitrogens with one attached hydrogen (secondary N) is 1. The Morgan fingerprint density at radius 2 is 1.95 bits per heavy atom. The molecule has 0 aliphatic heterocycles. The third-order valence-corrected chi connectivity index (χ3v) is 3.72. The first-order valence-corrected chi connectivity index (χ1v) is 7.14. The Morgan fingerprint density at radius 3 is 2.60 bits per heavy atom. The number of rotatable bonds is 4. The Labute approximate surface area is 125 Å². The Kier molecular flexibility index (Phi) is 4.87. The topological polar surface area (TPSA) is 55.1 Å². The maximum Gasteiger partial charge on any atom is 0.234 e. The van der Waals surface area contributed by atoms with Crippen molar-refractivity contribution >= 4 is 40.6 Å². The van der Waals surface area contributed by atoms with Crippen molar-refractivity contribution in [1.82, 2.24) is 0 Å². The van der Waals surface area contributed by atoms with Crippen LogP contribution in [0.25, 0.3) is 0 Å². The van der Waals surface area contributed by atoms with E-state index in [1.165, 1.54) is 23.9 Å². The van der Waals surface area contributed by atoms with E-state index >= 15 is 0 Å². The molecular weight excluding hydrogens is 299 g/mol. The van der Waals surface area contributed by atoms with Crippen LogP contribution in [0.3, 0.4) is 0 Å². The first kappa shape index (κ1) is 14.7. The predicted molar refractivity (Wildman–Crippen MR) is 81.6 cm³/mol. The van der Waals surface area contributed by atoms with E-state index in [4.69, 9.17) is 17.3 Å². The summed E-state index contributed by atoms with van der Waals surface area (Å²) in [5, 5.41) is 3.22. The Bertz CT molecular complexity index is 619. The number of hydrogen-bond acceptors (Lipinski definition) is 3. The summed E-state index contributed by atoms with van der Waals surface area (Å²) in [4.78, 5) is 12.6. The molecule has 3 N–H and O–H groups in total. The van der Waals surface area contributed by atoms with Crippen molar-refractivity contribution in [2.75, 3.05) is 16.8 Å². The van der Waals surface area contributed by atoms with E-state index in [1.54, 1.807) is 30.3 Å². The van der Waals surface area contributed by atoms with Crippen molar-refractivity contribution in [2.24, 2.45) is 0 Å². The number of carbonyl (C=O) groups excluding carboxylic acids is 1. The van der Waals surface area contributed by atoms with Gasteiger partial charge in [-0.15, -0.1) is 11.8 Å². The van der Waals surface area contributed by atoms with Gasteiger partial charge in [0.2, 0.25) is 5.91 Å². The van der Waals surface area contributed by atoms with Gasteiger partial charge in [-0.3, -0.25) is 4.79 Å². The first-order valence-electron chi connectivity index (χ1n) is 5.78. The molecule has 0 bridgehead atoms. The molecule has 0 atom stereocenters. The lowest BCUT2D eigenvalue weighted by Gasteiger charge is -2.08. The second-order valence-corrected chi connectivity index (χ2v) is 5.51. The number of hydrogen-bond donors (Lipinski definition) is 2. The summed E-state index contributed by atoms with van der Waals surface area (Å²) >= 11 is 7.10. The number of benzene rings is 2. The van der Waals surface area contributed by atoms with E-state index in [2.05, 4.69) is 5.32 Å². The number of nitrogen functional groups attached to an aromatic ring is 1. The average molecular weight is 311 g/mol. The Morgan fingerprint density at radius 1 is 1.25 bits per heavy atom. The van der Waals surface area contributed by atoms with Crippen LogP contribution in [0.4, 0.5) is 15.8 Å². The first-order chi connectivity index (χ1) is 9.54. The fourth-order valence-electron chi connectivity index (χ4n) is 1.51. The van der Waals surface area contributed by atoms with Gasteiger partial charge in [-0.05, 0) is 42.5 Å². The smallest absolute Gasteiger partial charge is 0.234 e. The van der Waals surface area contributed by atoms with Gasteiger partial charge in [-0.1, -0.05) is 11.6 Å². The quantitative estimate of drug-likeness (QED) is 0.667. The van der Waals surface area contributed by atoms with E-state index in [0.717, 1.165) is 4.90 Å². The zero-order chi connectivity index (χ0) is 14.5. The van der Waals surface area contributed by atoms with Crippen molar-refractivity contribution in [3.05, 3.63) is 53.3 Å². The number of thioether (sulfide) groups is 1. The number of carbonyl (C=O) groups is 1. The van der Waals surface area contributed by atoms with Gasteiger partial charge in [0.05, 0.1) is 17.1 Å². The van der Waals surface area contributed by atoms with Crippen LogP contribution in [0, 0.1) is 5.82 Å². The average Bonchev–Trinajstić information content (AvgIpc) is 2.41. The lowest BCUT2D eigenvalue weighted by Crippen LogP contribution is -2.15. The third-order valence-electron chi connectivity index (χ3n) is 2.47. The minimum Gasteiger partial charge on any atom is -0.397 e. The second-order valence-electron chi connectivity index (χ2n) is 4.02. The summed E-state index contributed by atoms with van der Waals surface area (Å²) in [5.41, 5.74) is 6.69. The molecule has 0 heterocycles. The Hall–Kier alpha value is -1.72. The zero-order valence-corrected chi connectivity index (χ0v) is 12.0. The summed E-state index contributed by atoms with van der Waals surface area (Å²) in [5.74, 6) is -0.269. The van der Waals surface area contributed by atoms with E-state index in [-0.39, 0.29) is 17.5 Å². The van der Waals surface area contributed by atoms with Crippen molar-refractivity contribution in [1.29, 1.82) is 0 Å². The molecule has 0 fully saturated rings. The molecule has 0 aliphatic carbocycles. The standard InChI is InChI=1S/C14H12ClFN2OS/c15-9-1-6-13(12(17)7-9)18-14(19)8-20-11-4-2-10(16)3-5-11/h1-7H,8,17H2,(H,18,19). The fourth-order valence-corrected chi connectivity index (χ4v) is 2.39. The molecule has 0 aromatic heterocycles. The number of amides is 1. The maximum absolute atomic E-state index is 12.7. The SMILES string of the molecule is Nc1cc(Cl)ccc1NC(=O)CSc1ccc(F)cc1. The van der Waals surface area contributed by atoms with Crippen LogP contribution in [0.15, 0.2) is 47.4 Å². The molecule has 104 valence electrons. The maximum atomic E-state index is 12.7. The molecule has 0 unspecified atom stereocenters. The van der Waals surface area contributed by atoms with Gasteiger partial charge in [0.1, 0.15) is 5.82 Å². The summed E-state index contributed by atoms with van der Waals surface area (Å²) in [6.07, 6.45) is 0. The number of halogens is 2. The highest BCUT2D eigenvalue weighted by atomic mass is 35.5. The monoisotopic (exact) mass is 310 g/mol. The third kappa shape index (κ3) is 4.15. The summed E-state index contributed by atoms with van der Waals surface area (Å²) in [7, 11) is 0. The van der Waals surface area contributed by atoms with Gasteiger partial charge in [0, 0.05) is 9.92 Å². The molecule has 0 radical (unpaired) electrons. The second kappa shape index (κ2) is 6.63. The van der Waals surface area contributed by atoms with Gasteiger partial charge in [-0.25, -0.2) is 4.39 Å². The van der Waals surface area contributed by atoms with Gasteiger partial charge in [-0.2, -0.15) is 0 Å². The van der Waals surface area contributed by atoms with Crippen molar-refractivity contribution in [3.63, 3.8) is 0 Å². The highest BCUT2D eigenvalue weighted by molar-refractivity contribution is 8.00. The highest BCUT2D eigenvalue weighted by Crippen LogP contribution is 2.23. The van der Waals surface area contributed by atoms with Crippen LogP contribution in [0.5, 0.6) is 0 Å². The van der Waals surface area contributed by atoms with Crippen LogP contribution >= 0.6 is 23.4 Å². The summed E-state index contributed by atoms with van der Waals surface area (Å²) in [6, 6.07) is 10.9. The summed E-state index contributed by atoms with van der Waals surface area (Å²) in [6.45, 7) is 0. The molecule has 2 rings (SSSR count). The normalized spacial score (nSPS) is 10.3. The minimum atomic E-state index is -0.298. The molecule has 2 aromatic carbocycles. The molecule has 2 aromatic rings. The van der Waals surface area contributed by atoms with E-state index in [1.807, 2.05) is 0 Å². The minimum absolute atomic E-state index is 0.187. The number of anilines is 2. The van der Waals surface area contributed by atoms with Crippen molar-refractivity contribution in [3.8, 4) is 0 Å². The van der Waals surface area contributed by atoms with E-state index in [9.17, 15) is 9.18 Å². The van der Waals surface area contributed by atoms with Crippen molar-refractivity contribution in [2.45, 2.75) is 4.90 Å². The molecule has 1 amide bonds. The molecular formula is C14H12ClFN2OS. The molecule has 0 aliphatic rings. The van der Waals surface area contributed by atoms with Crippen LogP contribution in [0.2, 0.25) is 5.02 Å². The van der Waals surface area contributed by atoms with Crippen LogP contribution in [0.1, 0.15) is 0 Å². The van der Waals surface area contributed by atoms with Gasteiger partial charge >= 0.3 is 0 Å². The van der Waals surface area contributed by atoms with Gasteiger partial charge in [0.25, 0.3) is 0 Å². The predicted octanol–water partition coefficient (Wildman–Crippen LogP) is 3.79. The van der Waals surface area contributed by atoms with Gasteiger partial charge in [0.15, 0.2) is 0 Å². The summed E-state index contributed by atoms with van der Waals surface area (Å²) < 4.78 is 12.7. The largest absolute Gasteiger partial charge is 0.397 e. The molecule has 6 heteroatoms. The lowest BCUT2D eigenvalue weighted by atomic mass is 10.2. The van der Waals surface area contributed by atoms with Crippen LogP contribution in [-0.2, 0) is 4.79 Å². The van der Waals surface area contributed by atoms with Crippen LogP contribution < -0.4 is 11.1 Å². The highest BCUT2D eigenvalue weighted by Gasteiger charge is 2.06. The lowest BCUT2D eigenvalue weighted by molar-refractivity contribution is -0.113. The fraction of sp³-hybridized carbons (Fsp3) is 0.0714. The van der Waals surface area contributed by atoms with E-state index in [0.29, 0.717) is 16.4 Å². The zero-order valence-electron chi connectivity index (χ0n) is 10.4. The number of nitrogens with two attached hydrogens (primary N) is 1. The Balaban J connectivity index is 1.90. The van der Waals surface area contributed by atoms with Gasteiger partial charge < -0.3 is 11.1 Å². The molecule has 0 spiro atoms. The van der Waals surface area contributed by atoms with Crippen LogP contribution in [-0.4, -0.2) is 11.7 Å². The van der Waals surface area contributed by atoms with Crippen molar-refractivity contribution < 1.29 is 9.18 Å². The molecule has 0 saturated carbocycles. The molecule has 20 heavy (non-hydrogen) atoms. The molecule has 3 nitrogen and oxygen atoms in total. The van der Waals surface area contributed by atoms with E-state index < -0.39 is 0 Å².